The average molecular weight is 264 g/mol. The SMILES string of the molecule is COc1ccc(C(C)NC(=O)CCC(C)CN)cc1. The van der Waals surface area contributed by atoms with Crippen LogP contribution in [-0.4, -0.2) is 19.6 Å². The lowest BCUT2D eigenvalue weighted by molar-refractivity contribution is -0.122. The molecule has 0 radical (unpaired) electrons. The van der Waals surface area contributed by atoms with Gasteiger partial charge in [-0.3, -0.25) is 4.79 Å². The highest BCUT2D eigenvalue weighted by Gasteiger charge is 2.10. The predicted octanol–water partition coefficient (Wildman–Crippen LogP) is 2.25. The molecule has 1 rings (SSSR count). The Morgan fingerprint density at radius 2 is 1.95 bits per heavy atom. The van der Waals surface area contributed by atoms with Crippen LogP contribution >= 0.6 is 0 Å². The first-order chi connectivity index (χ1) is 9.06. The van der Waals surface area contributed by atoms with Gasteiger partial charge in [-0.1, -0.05) is 19.1 Å². The van der Waals surface area contributed by atoms with E-state index < -0.39 is 0 Å². The number of amides is 1. The van der Waals surface area contributed by atoms with Crippen molar-refractivity contribution in [2.24, 2.45) is 11.7 Å². The van der Waals surface area contributed by atoms with Crippen molar-refractivity contribution >= 4 is 5.91 Å². The van der Waals surface area contributed by atoms with Gasteiger partial charge in [0.2, 0.25) is 5.91 Å². The predicted molar refractivity (Wildman–Crippen MR) is 77.0 cm³/mol. The molecule has 1 aromatic rings. The van der Waals surface area contributed by atoms with E-state index in [9.17, 15) is 4.79 Å². The van der Waals surface area contributed by atoms with E-state index in [0.717, 1.165) is 17.7 Å². The minimum Gasteiger partial charge on any atom is -0.497 e. The highest BCUT2D eigenvalue weighted by molar-refractivity contribution is 5.76. The van der Waals surface area contributed by atoms with Crippen LogP contribution in [0.5, 0.6) is 5.75 Å². The molecule has 106 valence electrons. The van der Waals surface area contributed by atoms with Crippen molar-refractivity contribution in [1.29, 1.82) is 0 Å². The number of rotatable bonds is 7. The normalized spacial score (nSPS) is 13.7. The van der Waals surface area contributed by atoms with Gasteiger partial charge in [0, 0.05) is 6.42 Å². The lowest BCUT2D eigenvalue weighted by Crippen LogP contribution is -2.27. The van der Waals surface area contributed by atoms with Gasteiger partial charge >= 0.3 is 0 Å². The maximum atomic E-state index is 11.8. The molecule has 1 amide bonds. The smallest absolute Gasteiger partial charge is 0.220 e. The van der Waals surface area contributed by atoms with Gasteiger partial charge in [-0.25, -0.2) is 0 Å². The first kappa shape index (κ1) is 15.5. The third kappa shape index (κ3) is 5.30. The number of hydrogen-bond donors (Lipinski definition) is 2. The summed E-state index contributed by atoms with van der Waals surface area (Å²) in [4.78, 5) is 11.8. The summed E-state index contributed by atoms with van der Waals surface area (Å²) in [5.74, 6) is 1.28. The number of nitrogens with two attached hydrogens (primary N) is 1. The molecule has 0 saturated heterocycles. The maximum absolute atomic E-state index is 11.8. The van der Waals surface area contributed by atoms with Crippen molar-refractivity contribution in [2.75, 3.05) is 13.7 Å². The van der Waals surface area contributed by atoms with Crippen LogP contribution < -0.4 is 15.8 Å². The second-order valence-corrected chi connectivity index (χ2v) is 4.94. The minimum atomic E-state index is 0.00610. The summed E-state index contributed by atoms with van der Waals surface area (Å²) in [5.41, 5.74) is 6.60. The van der Waals surface area contributed by atoms with Crippen molar-refractivity contribution in [3.8, 4) is 5.75 Å². The van der Waals surface area contributed by atoms with Gasteiger partial charge in [-0.15, -0.1) is 0 Å². The van der Waals surface area contributed by atoms with E-state index in [2.05, 4.69) is 12.2 Å². The highest BCUT2D eigenvalue weighted by Crippen LogP contribution is 2.17. The zero-order valence-electron chi connectivity index (χ0n) is 12.0. The number of nitrogens with one attached hydrogen (secondary N) is 1. The Labute approximate surface area is 115 Å². The molecule has 0 fully saturated rings. The second kappa shape index (κ2) is 7.79. The van der Waals surface area contributed by atoms with Gasteiger partial charge in [0.05, 0.1) is 13.2 Å². The number of methoxy groups -OCH3 is 1. The standard InChI is InChI=1S/C15H24N2O2/c1-11(10-16)4-9-15(18)17-12(2)13-5-7-14(19-3)8-6-13/h5-8,11-12H,4,9-10,16H2,1-3H3,(H,17,18). The Bertz CT molecular complexity index is 390. The summed E-state index contributed by atoms with van der Waals surface area (Å²) < 4.78 is 5.11. The topological polar surface area (TPSA) is 64.3 Å². The van der Waals surface area contributed by atoms with E-state index >= 15 is 0 Å². The zero-order valence-corrected chi connectivity index (χ0v) is 12.0. The molecular weight excluding hydrogens is 240 g/mol. The first-order valence-electron chi connectivity index (χ1n) is 6.70. The Morgan fingerprint density at radius 3 is 2.47 bits per heavy atom. The van der Waals surface area contributed by atoms with E-state index in [1.54, 1.807) is 7.11 Å². The Hall–Kier alpha value is -1.55. The quantitative estimate of drug-likeness (QED) is 0.794. The molecule has 2 unspecified atom stereocenters. The fourth-order valence-corrected chi connectivity index (χ4v) is 1.78. The van der Waals surface area contributed by atoms with Gasteiger partial charge in [-0.2, -0.15) is 0 Å². The molecule has 0 aliphatic carbocycles. The van der Waals surface area contributed by atoms with Crippen molar-refractivity contribution in [3.63, 3.8) is 0 Å². The molecule has 0 saturated carbocycles. The first-order valence-corrected chi connectivity index (χ1v) is 6.70. The van der Waals surface area contributed by atoms with E-state index in [-0.39, 0.29) is 11.9 Å². The molecule has 1 aromatic carbocycles. The third-order valence-corrected chi connectivity index (χ3v) is 3.26. The van der Waals surface area contributed by atoms with E-state index in [1.165, 1.54) is 0 Å². The molecule has 0 spiro atoms. The number of benzene rings is 1. The van der Waals surface area contributed by atoms with E-state index in [1.807, 2.05) is 31.2 Å². The van der Waals surface area contributed by atoms with Crippen LogP contribution in [0.4, 0.5) is 0 Å². The van der Waals surface area contributed by atoms with Gasteiger partial charge in [0.1, 0.15) is 5.75 Å². The largest absolute Gasteiger partial charge is 0.497 e. The van der Waals surface area contributed by atoms with Crippen molar-refractivity contribution < 1.29 is 9.53 Å². The Morgan fingerprint density at radius 1 is 1.32 bits per heavy atom. The summed E-state index contributed by atoms with van der Waals surface area (Å²) in [6.45, 7) is 4.66. The number of carbonyl (C=O) groups excluding carboxylic acids is 1. The molecular formula is C15H24N2O2. The Kier molecular flexibility index (Phi) is 6.36. The lowest BCUT2D eigenvalue weighted by atomic mass is 10.0. The number of carbonyl (C=O) groups is 1. The number of ether oxygens (including phenoxy) is 1. The van der Waals surface area contributed by atoms with E-state index in [4.69, 9.17) is 10.5 Å². The minimum absolute atomic E-state index is 0.00610. The molecule has 0 aliphatic rings. The van der Waals surface area contributed by atoms with Crippen molar-refractivity contribution in [1.82, 2.24) is 5.32 Å². The van der Waals surface area contributed by atoms with Gasteiger partial charge in [0.25, 0.3) is 0 Å². The van der Waals surface area contributed by atoms with Crippen molar-refractivity contribution in [3.05, 3.63) is 29.8 Å². The average Bonchev–Trinajstić information content (AvgIpc) is 2.44. The van der Waals surface area contributed by atoms with Gasteiger partial charge < -0.3 is 15.8 Å². The van der Waals surface area contributed by atoms with E-state index in [0.29, 0.717) is 18.9 Å². The Balaban J connectivity index is 2.44. The summed E-state index contributed by atoms with van der Waals surface area (Å²) in [5, 5.41) is 2.99. The zero-order chi connectivity index (χ0) is 14.3. The summed E-state index contributed by atoms with van der Waals surface area (Å²) in [6.07, 6.45) is 1.36. The summed E-state index contributed by atoms with van der Waals surface area (Å²) >= 11 is 0. The van der Waals surface area contributed by atoms with Crippen LogP contribution in [0, 0.1) is 5.92 Å². The highest BCUT2D eigenvalue weighted by atomic mass is 16.5. The molecule has 0 heterocycles. The fraction of sp³-hybridized carbons (Fsp3) is 0.533. The van der Waals surface area contributed by atoms with Crippen LogP contribution in [0.3, 0.4) is 0 Å². The molecule has 3 N–H and O–H groups in total. The molecule has 19 heavy (non-hydrogen) atoms. The summed E-state index contributed by atoms with van der Waals surface area (Å²) in [7, 11) is 1.64. The monoisotopic (exact) mass is 264 g/mol. The fourth-order valence-electron chi connectivity index (χ4n) is 1.78. The van der Waals surface area contributed by atoms with Crippen LogP contribution in [0.2, 0.25) is 0 Å². The van der Waals surface area contributed by atoms with Crippen LogP contribution in [0.25, 0.3) is 0 Å². The summed E-state index contributed by atoms with van der Waals surface area (Å²) in [6, 6.07) is 7.73. The van der Waals surface area contributed by atoms with Crippen molar-refractivity contribution in [2.45, 2.75) is 32.7 Å². The number of hydrogen-bond acceptors (Lipinski definition) is 3. The second-order valence-electron chi connectivity index (χ2n) is 4.94. The molecule has 4 heteroatoms. The van der Waals surface area contributed by atoms with Crippen LogP contribution in [0.15, 0.2) is 24.3 Å². The third-order valence-electron chi connectivity index (χ3n) is 3.26. The van der Waals surface area contributed by atoms with Crippen LogP contribution in [-0.2, 0) is 4.79 Å². The molecule has 2 atom stereocenters. The maximum Gasteiger partial charge on any atom is 0.220 e. The lowest BCUT2D eigenvalue weighted by Gasteiger charge is -2.15. The van der Waals surface area contributed by atoms with Gasteiger partial charge in [-0.05, 0) is 43.5 Å². The van der Waals surface area contributed by atoms with Crippen LogP contribution in [0.1, 0.15) is 38.3 Å². The molecule has 0 aromatic heterocycles. The van der Waals surface area contributed by atoms with Gasteiger partial charge in [0.15, 0.2) is 0 Å². The molecule has 4 nitrogen and oxygen atoms in total. The molecule has 0 aliphatic heterocycles. The molecule has 0 bridgehead atoms.